The van der Waals surface area contributed by atoms with Crippen LogP contribution >= 0.6 is 0 Å². The molecule has 1 fully saturated rings. The zero-order chi connectivity index (χ0) is 18.0. The predicted molar refractivity (Wildman–Crippen MR) is 89.9 cm³/mol. The highest BCUT2D eigenvalue weighted by Crippen LogP contribution is 2.30. The van der Waals surface area contributed by atoms with Gasteiger partial charge in [-0.15, -0.1) is 0 Å². The SMILES string of the molecule is Cc1ncc(CN2CCC(Oc3cccc(F)c3)(C(=O)O)CC2)n1C. The Hall–Kier alpha value is -2.41. The maximum Gasteiger partial charge on any atom is 0.348 e. The highest BCUT2D eigenvalue weighted by molar-refractivity contribution is 5.78. The number of rotatable bonds is 5. The van der Waals surface area contributed by atoms with Crippen molar-refractivity contribution in [2.24, 2.45) is 7.05 Å². The number of likely N-dealkylation sites (tertiary alicyclic amines) is 1. The molecular weight excluding hydrogens is 325 g/mol. The summed E-state index contributed by atoms with van der Waals surface area (Å²) in [5, 5.41) is 9.69. The summed E-state index contributed by atoms with van der Waals surface area (Å²) in [5.74, 6) is -0.255. The number of hydrogen-bond acceptors (Lipinski definition) is 4. The number of aliphatic carboxylic acids is 1. The van der Waals surface area contributed by atoms with Crippen molar-refractivity contribution in [3.8, 4) is 5.75 Å². The van der Waals surface area contributed by atoms with Gasteiger partial charge in [0.1, 0.15) is 17.4 Å². The molecule has 0 spiro atoms. The Bertz CT molecular complexity index is 767. The van der Waals surface area contributed by atoms with E-state index in [0.717, 1.165) is 11.5 Å². The van der Waals surface area contributed by atoms with E-state index in [1.165, 1.54) is 18.2 Å². The van der Waals surface area contributed by atoms with Crippen molar-refractivity contribution in [3.05, 3.63) is 47.8 Å². The van der Waals surface area contributed by atoms with Crippen LogP contribution in [0.2, 0.25) is 0 Å². The standard InChI is InChI=1S/C18H22FN3O3/c1-13-20-11-15(21(13)2)12-22-8-6-18(7-9-22,17(23)24)25-16-5-3-4-14(19)10-16/h3-5,10-11H,6-9,12H2,1-2H3,(H,23,24). The molecule has 2 aromatic rings. The Morgan fingerprint density at radius 1 is 1.40 bits per heavy atom. The molecule has 3 rings (SSSR count). The van der Waals surface area contributed by atoms with Crippen LogP contribution in [0.1, 0.15) is 24.4 Å². The fourth-order valence-electron chi connectivity index (χ4n) is 3.11. The predicted octanol–water partition coefficient (Wildman–Crippen LogP) is 2.37. The van der Waals surface area contributed by atoms with Crippen LogP contribution in [0.3, 0.4) is 0 Å². The van der Waals surface area contributed by atoms with Gasteiger partial charge in [-0.25, -0.2) is 14.2 Å². The first-order valence-electron chi connectivity index (χ1n) is 8.27. The average Bonchev–Trinajstić information content (AvgIpc) is 2.89. The summed E-state index contributed by atoms with van der Waals surface area (Å²) in [6.45, 7) is 3.84. The van der Waals surface area contributed by atoms with Gasteiger partial charge < -0.3 is 14.4 Å². The molecule has 25 heavy (non-hydrogen) atoms. The number of ether oxygens (including phenoxy) is 1. The molecule has 1 saturated heterocycles. The number of aromatic nitrogens is 2. The number of hydrogen-bond donors (Lipinski definition) is 1. The number of carboxylic acid groups (broad SMARTS) is 1. The van der Waals surface area contributed by atoms with Crippen molar-refractivity contribution in [2.75, 3.05) is 13.1 Å². The molecule has 0 unspecified atom stereocenters. The second-order valence-corrected chi connectivity index (χ2v) is 6.49. The topological polar surface area (TPSA) is 67.6 Å². The molecule has 0 radical (unpaired) electrons. The molecular formula is C18H22FN3O3. The molecule has 0 bridgehead atoms. The van der Waals surface area contributed by atoms with Gasteiger partial charge >= 0.3 is 5.97 Å². The number of halogens is 1. The van der Waals surface area contributed by atoms with E-state index in [0.29, 0.717) is 32.5 Å². The Labute approximate surface area is 145 Å². The van der Waals surface area contributed by atoms with Crippen molar-refractivity contribution in [1.82, 2.24) is 14.5 Å². The van der Waals surface area contributed by atoms with Gasteiger partial charge in [0.25, 0.3) is 0 Å². The lowest BCUT2D eigenvalue weighted by atomic mass is 9.91. The molecule has 0 saturated carbocycles. The lowest BCUT2D eigenvalue weighted by molar-refractivity contribution is -0.159. The molecule has 1 N–H and O–H groups in total. The quantitative estimate of drug-likeness (QED) is 0.899. The summed E-state index contributed by atoms with van der Waals surface area (Å²) in [7, 11) is 1.97. The van der Waals surface area contributed by atoms with Crippen LogP contribution in [-0.4, -0.2) is 44.2 Å². The van der Waals surface area contributed by atoms with Gasteiger partial charge in [-0.05, 0) is 19.1 Å². The molecule has 1 aromatic heterocycles. The fourth-order valence-corrected chi connectivity index (χ4v) is 3.11. The van der Waals surface area contributed by atoms with E-state index >= 15 is 0 Å². The Morgan fingerprint density at radius 3 is 2.68 bits per heavy atom. The minimum absolute atomic E-state index is 0.248. The third-order valence-corrected chi connectivity index (χ3v) is 4.87. The first kappa shape index (κ1) is 17.4. The minimum Gasteiger partial charge on any atom is -0.478 e. The number of imidazole rings is 1. The third-order valence-electron chi connectivity index (χ3n) is 4.87. The normalized spacial score (nSPS) is 17.4. The number of aryl methyl sites for hydroxylation is 1. The van der Waals surface area contributed by atoms with Crippen LogP contribution in [0.15, 0.2) is 30.5 Å². The maximum atomic E-state index is 13.3. The highest BCUT2D eigenvalue weighted by Gasteiger charge is 2.44. The molecule has 0 aliphatic carbocycles. The second kappa shape index (κ2) is 6.84. The summed E-state index contributed by atoms with van der Waals surface area (Å²) in [5.41, 5.74) is -0.224. The lowest BCUT2D eigenvalue weighted by Crippen LogP contribution is -2.53. The summed E-state index contributed by atoms with van der Waals surface area (Å²) < 4.78 is 21.1. The fraction of sp³-hybridized carbons (Fsp3) is 0.444. The number of piperidine rings is 1. The van der Waals surface area contributed by atoms with E-state index in [9.17, 15) is 14.3 Å². The number of carboxylic acids is 1. The van der Waals surface area contributed by atoms with Gasteiger partial charge in [0, 0.05) is 51.8 Å². The van der Waals surface area contributed by atoms with E-state index in [4.69, 9.17) is 4.74 Å². The van der Waals surface area contributed by atoms with Gasteiger partial charge in [-0.2, -0.15) is 0 Å². The summed E-state index contributed by atoms with van der Waals surface area (Å²) in [6.07, 6.45) is 2.53. The van der Waals surface area contributed by atoms with Gasteiger partial charge in [0.2, 0.25) is 5.60 Å². The Balaban J connectivity index is 1.68. The van der Waals surface area contributed by atoms with Crippen molar-refractivity contribution in [2.45, 2.75) is 31.9 Å². The van der Waals surface area contributed by atoms with E-state index in [1.807, 2.05) is 24.7 Å². The van der Waals surface area contributed by atoms with Crippen LogP contribution in [0.4, 0.5) is 4.39 Å². The average molecular weight is 347 g/mol. The van der Waals surface area contributed by atoms with Crippen LogP contribution in [0.5, 0.6) is 5.75 Å². The first-order valence-corrected chi connectivity index (χ1v) is 8.27. The largest absolute Gasteiger partial charge is 0.478 e. The molecule has 1 aliphatic heterocycles. The number of carbonyl (C=O) groups is 1. The molecule has 1 aliphatic rings. The van der Waals surface area contributed by atoms with Gasteiger partial charge in [-0.3, -0.25) is 4.90 Å². The van der Waals surface area contributed by atoms with Crippen LogP contribution in [0.25, 0.3) is 0 Å². The van der Waals surface area contributed by atoms with Gasteiger partial charge in [-0.1, -0.05) is 6.07 Å². The lowest BCUT2D eigenvalue weighted by Gasteiger charge is -2.38. The molecule has 7 heteroatoms. The second-order valence-electron chi connectivity index (χ2n) is 6.49. The minimum atomic E-state index is -1.31. The third kappa shape index (κ3) is 3.66. The molecule has 134 valence electrons. The summed E-state index contributed by atoms with van der Waals surface area (Å²) >= 11 is 0. The summed E-state index contributed by atoms with van der Waals surface area (Å²) in [6, 6.07) is 5.62. The zero-order valence-electron chi connectivity index (χ0n) is 14.4. The number of nitrogens with zero attached hydrogens (tertiary/aromatic N) is 3. The molecule has 1 aromatic carbocycles. The molecule has 0 amide bonds. The van der Waals surface area contributed by atoms with Crippen LogP contribution in [-0.2, 0) is 18.4 Å². The number of benzene rings is 1. The zero-order valence-corrected chi connectivity index (χ0v) is 14.4. The van der Waals surface area contributed by atoms with Crippen LogP contribution in [0, 0.1) is 12.7 Å². The molecule has 2 heterocycles. The van der Waals surface area contributed by atoms with Crippen molar-refractivity contribution in [1.29, 1.82) is 0 Å². The highest BCUT2D eigenvalue weighted by atomic mass is 19.1. The monoisotopic (exact) mass is 347 g/mol. The van der Waals surface area contributed by atoms with E-state index in [2.05, 4.69) is 9.88 Å². The van der Waals surface area contributed by atoms with Gasteiger partial charge in [0.15, 0.2) is 0 Å². The van der Waals surface area contributed by atoms with Gasteiger partial charge in [0.05, 0.1) is 5.69 Å². The van der Waals surface area contributed by atoms with Crippen molar-refractivity contribution >= 4 is 5.97 Å². The van der Waals surface area contributed by atoms with Crippen molar-refractivity contribution < 1.29 is 19.0 Å². The first-order chi connectivity index (χ1) is 11.9. The molecule has 0 atom stereocenters. The van der Waals surface area contributed by atoms with Crippen LogP contribution < -0.4 is 4.74 Å². The Kier molecular flexibility index (Phi) is 4.76. The van der Waals surface area contributed by atoms with E-state index < -0.39 is 17.4 Å². The smallest absolute Gasteiger partial charge is 0.348 e. The maximum absolute atomic E-state index is 13.3. The molecule has 6 nitrogen and oxygen atoms in total. The van der Waals surface area contributed by atoms with E-state index in [1.54, 1.807) is 6.07 Å². The summed E-state index contributed by atoms with van der Waals surface area (Å²) in [4.78, 5) is 18.3. The Morgan fingerprint density at radius 2 is 2.12 bits per heavy atom. The van der Waals surface area contributed by atoms with Crippen molar-refractivity contribution in [3.63, 3.8) is 0 Å². The van der Waals surface area contributed by atoms with E-state index in [-0.39, 0.29) is 5.75 Å².